The molecule has 1 aliphatic rings. The number of aryl methyl sites for hydroxylation is 1. The lowest BCUT2D eigenvalue weighted by Crippen LogP contribution is -2.41. The number of rotatable bonds is 9. The minimum absolute atomic E-state index is 0.0416. The summed E-state index contributed by atoms with van der Waals surface area (Å²) in [6, 6.07) is 6.13. The molecule has 9 heteroatoms. The zero-order valence-electron chi connectivity index (χ0n) is 17.0. The van der Waals surface area contributed by atoms with Crippen LogP contribution < -0.4 is 15.4 Å². The first-order chi connectivity index (χ1) is 13.5. The Bertz CT molecular complexity index is 748. The summed E-state index contributed by atoms with van der Waals surface area (Å²) in [4.78, 5) is 4.44. The van der Waals surface area contributed by atoms with Gasteiger partial charge in [0.2, 0.25) is 10.0 Å². The Morgan fingerprint density at radius 2 is 2.04 bits per heavy atom. The lowest BCUT2D eigenvalue weighted by Gasteiger charge is -2.25. The summed E-state index contributed by atoms with van der Waals surface area (Å²) in [6.07, 6.45) is 0.791. The van der Waals surface area contributed by atoms with Gasteiger partial charge in [-0.15, -0.1) is 0 Å². The lowest BCUT2D eigenvalue weighted by molar-refractivity contribution is 0.409. The quantitative estimate of drug-likeness (QED) is 0.458. The van der Waals surface area contributed by atoms with Crippen LogP contribution in [0.1, 0.15) is 18.1 Å². The van der Waals surface area contributed by atoms with Gasteiger partial charge in [-0.1, -0.05) is 17.7 Å². The molecule has 2 N–H and O–H groups in total. The number of benzene rings is 1. The van der Waals surface area contributed by atoms with Gasteiger partial charge in [-0.2, -0.15) is 11.8 Å². The monoisotopic (exact) mass is 428 g/mol. The highest BCUT2D eigenvalue weighted by molar-refractivity contribution is 7.99. The van der Waals surface area contributed by atoms with E-state index in [1.165, 1.54) is 5.56 Å². The van der Waals surface area contributed by atoms with Crippen LogP contribution in [0, 0.1) is 6.92 Å². The molecule has 0 spiro atoms. The van der Waals surface area contributed by atoms with E-state index in [0.29, 0.717) is 25.6 Å². The molecule has 28 heavy (non-hydrogen) atoms. The molecule has 1 aromatic rings. The predicted octanol–water partition coefficient (Wildman–Crippen LogP) is 1.48. The summed E-state index contributed by atoms with van der Waals surface area (Å²) in [5, 5.41) is 6.45. The first kappa shape index (κ1) is 22.8. The van der Waals surface area contributed by atoms with Crippen molar-refractivity contribution in [1.29, 1.82) is 0 Å². The molecule has 2 rings (SSSR count). The van der Waals surface area contributed by atoms with Crippen LogP contribution in [-0.2, 0) is 16.4 Å². The fraction of sp³-hybridized carbons (Fsp3) is 0.632. The maximum absolute atomic E-state index is 12.4. The molecule has 0 aromatic heterocycles. The number of nitrogens with one attached hydrogen (secondary N) is 2. The molecule has 7 nitrogen and oxygen atoms in total. The van der Waals surface area contributed by atoms with Gasteiger partial charge in [0.25, 0.3) is 0 Å². The van der Waals surface area contributed by atoms with Crippen LogP contribution in [0.25, 0.3) is 0 Å². The Kier molecular flexibility index (Phi) is 9.40. The fourth-order valence-electron chi connectivity index (χ4n) is 2.99. The average molecular weight is 429 g/mol. The second kappa shape index (κ2) is 11.5. The van der Waals surface area contributed by atoms with E-state index in [-0.39, 0.29) is 12.3 Å². The van der Waals surface area contributed by atoms with Crippen LogP contribution in [0.5, 0.6) is 5.75 Å². The molecule has 1 aliphatic heterocycles. The molecule has 0 saturated carbocycles. The van der Waals surface area contributed by atoms with Gasteiger partial charge >= 0.3 is 0 Å². The maximum Gasteiger partial charge on any atom is 0.215 e. The zero-order valence-corrected chi connectivity index (χ0v) is 18.7. The van der Waals surface area contributed by atoms with Gasteiger partial charge < -0.3 is 15.4 Å². The molecule has 0 amide bonds. The van der Waals surface area contributed by atoms with Crippen molar-refractivity contribution >= 4 is 27.7 Å². The Morgan fingerprint density at radius 3 is 2.71 bits per heavy atom. The van der Waals surface area contributed by atoms with Crippen LogP contribution in [0.4, 0.5) is 0 Å². The first-order valence-electron chi connectivity index (χ1n) is 9.67. The number of nitrogens with zero attached hydrogens (tertiary/aromatic N) is 2. The number of hydrogen-bond donors (Lipinski definition) is 2. The van der Waals surface area contributed by atoms with E-state index in [2.05, 4.69) is 28.6 Å². The van der Waals surface area contributed by atoms with E-state index in [1.54, 1.807) is 23.2 Å². The molecule has 1 fully saturated rings. The number of thioether (sulfide) groups is 1. The van der Waals surface area contributed by atoms with Gasteiger partial charge in [0.05, 0.1) is 19.4 Å². The number of guanidine groups is 1. The van der Waals surface area contributed by atoms with E-state index in [9.17, 15) is 8.42 Å². The van der Waals surface area contributed by atoms with E-state index < -0.39 is 10.0 Å². The molecular weight excluding hydrogens is 396 g/mol. The number of aliphatic imine (C=N–C) groups is 1. The number of methoxy groups -OCH3 is 1. The van der Waals surface area contributed by atoms with Crippen LogP contribution in [0.15, 0.2) is 23.2 Å². The Morgan fingerprint density at radius 1 is 1.29 bits per heavy atom. The third-order valence-electron chi connectivity index (χ3n) is 4.45. The molecule has 0 unspecified atom stereocenters. The molecule has 1 aromatic carbocycles. The summed E-state index contributed by atoms with van der Waals surface area (Å²) in [5.74, 6) is 3.29. The topological polar surface area (TPSA) is 83.0 Å². The summed E-state index contributed by atoms with van der Waals surface area (Å²) in [6.45, 7) is 6.90. The Labute approximate surface area is 173 Å². The van der Waals surface area contributed by atoms with Crippen LogP contribution in [0.2, 0.25) is 0 Å². The van der Waals surface area contributed by atoms with Crippen molar-refractivity contribution in [1.82, 2.24) is 14.9 Å². The summed E-state index contributed by atoms with van der Waals surface area (Å²) in [7, 11) is -1.56. The minimum atomic E-state index is -3.23. The third kappa shape index (κ3) is 7.18. The largest absolute Gasteiger partial charge is 0.496 e. The van der Waals surface area contributed by atoms with E-state index in [1.807, 2.05) is 19.1 Å². The fourth-order valence-corrected chi connectivity index (χ4v) is 5.44. The number of hydrogen-bond acceptors (Lipinski definition) is 5. The second-order valence-electron chi connectivity index (χ2n) is 6.58. The van der Waals surface area contributed by atoms with Gasteiger partial charge in [0, 0.05) is 37.7 Å². The molecule has 0 aliphatic carbocycles. The van der Waals surface area contributed by atoms with Crippen molar-refractivity contribution in [2.75, 3.05) is 57.1 Å². The molecule has 1 saturated heterocycles. The van der Waals surface area contributed by atoms with E-state index >= 15 is 0 Å². The van der Waals surface area contributed by atoms with Crippen molar-refractivity contribution in [2.45, 2.75) is 20.3 Å². The molecule has 0 atom stereocenters. The summed E-state index contributed by atoms with van der Waals surface area (Å²) >= 11 is 1.80. The van der Waals surface area contributed by atoms with Crippen LogP contribution in [0.3, 0.4) is 0 Å². The van der Waals surface area contributed by atoms with Gasteiger partial charge in [0.1, 0.15) is 5.75 Å². The van der Waals surface area contributed by atoms with Crippen molar-refractivity contribution in [3.63, 3.8) is 0 Å². The SMILES string of the molecule is CCNC(=NCCS(=O)(=O)N1CCSCC1)NCCc1cc(C)ccc1OC. The highest BCUT2D eigenvalue weighted by Gasteiger charge is 2.23. The lowest BCUT2D eigenvalue weighted by atomic mass is 10.1. The maximum atomic E-state index is 12.4. The Hall–Kier alpha value is -1.45. The average Bonchev–Trinajstić information content (AvgIpc) is 2.69. The zero-order chi connectivity index (χ0) is 20.4. The second-order valence-corrected chi connectivity index (χ2v) is 9.89. The summed E-state index contributed by atoms with van der Waals surface area (Å²) < 4.78 is 31.8. The van der Waals surface area contributed by atoms with Crippen molar-refractivity contribution < 1.29 is 13.2 Å². The highest BCUT2D eigenvalue weighted by atomic mass is 32.2. The minimum Gasteiger partial charge on any atom is -0.496 e. The van der Waals surface area contributed by atoms with Crippen LogP contribution in [-0.4, -0.2) is 75.8 Å². The van der Waals surface area contributed by atoms with Crippen molar-refractivity contribution in [3.8, 4) is 5.75 Å². The molecular formula is C19H32N4O3S2. The number of ether oxygens (including phenoxy) is 1. The standard InChI is InChI=1S/C19H32N4O3S2/c1-4-20-19(21-8-7-17-15-16(2)5-6-18(17)26-3)22-9-14-28(24,25)23-10-12-27-13-11-23/h5-6,15H,4,7-14H2,1-3H3,(H2,20,21,22). The predicted molar refractivity (Wildman–Crippen MR) is 118 cm³/mol. The molecule has 158 valence electrons. The summed E-state index contributed by atoms with van der Waals surface area (Å²) in [5.41, 5.74) is 2.33. The number of sulfonamides is 1. The van der Waals surface area contributed by atoms with E-state index in [0.717, 1.165) is 35.8 Å². The van der Waals surface area contributed by atoms with Crippen molar-refractivity contribution in [3.05, 3.63) is 29.3 Å². The molecule has 0 bridgehead atoms. The molecule has 1 heterocycles. The Balaban J connectivity index is 1.87. The van der Waals surface area contributed by atoms with Crippen LogP contribution >= 0.6 is 11.8 Å². The van der Waals surface area contributed by atoms with Gasteiger partial charge in [-0.25, -0.2) is 12.7 Å². The highest BCUT2D eigenvalue weighted by Crippen LogP contribution is 2.19. The van der Waals surface area contributed by atoms with Crippen molar-refractivity contribution in [2.24, 2.45) is 4.99 Å². The van der Waals surface area contributed by atoms with Gasteiger partial charge in [-0.05, 0) is 31.9 Å². The van der Waals surface area contributed by atoms with E-state index in [4.69, 9.17) is 4.74 Å². The molecule has 0 radical (unpaired) electrons. The normalized spacial score (nSPS) is 16.0. The first-order valence-corrected chi connectivity index (χ1v) is 12.4. The smallest absolute Gasteiger partial charge is 0.215 e. The van der Waals surface area contributed by atoms with Gasteiger partial charge in [0.15, 0.2) is 5.96 Å². The third-order valence-corrected chi connectivity index (χ3v) is 7.24. The van der Waals surface area contributed by atoms with Gasteiger partial charge in [-0.3, -0.25) is 4.99 Å².